The Morgan fingerprint density at radius 3 is 2.68 bits per heavy atom. The third-order valence-electron chi connectivity index (χ3n) is 2.60. The van der Waals surface area contributed by atoms with E-state index in [9.17, 15) is 13.6 Å². The van der Waals surface area contributed by atoms with Crippen molar-refractivity contribution in [2.24, 2.45) is 0 Å². The van der Waals surface area contributed by atoms with Crippen molar-refractivity contribution in [2.75, 3.05) is 26.8 Å². The number of benzene rings is 1. The zero-order valence-corrected chi connectivity index (χ0v) is 10.9. The quantitative estimate of drug-likeness (QED) is 0.858. The first-order valence-corrected chi connectivity index (χ1v) is 5.82. The van der Waals surface area contributed by atoms with Gasteiger partial charge in [-0.25, -0.2) is 8.78 Å². The summed E-state index contributed by atoms with van der Waals surface area (Å²) in [6.45, 7) is 0.572. The number of aryl methyl sites for hydroxylation is 1. The third kappa shape index (κ3) is 4.17. The molecule has 0 bridgehead atoms. The zero-order chi connectivity index (χ0) is 14.4. The van der Waals surface area contributed by atoms with E-state index in [0.29, 0.717) is 5.75 Å². The van der Waals surface area contributed by atoms with E-state index in [4.69, 9.17) is 9.84 Å². The number of amides is 1. The Kier molecular flexibility index (Phi) is 5.69. The van der Waals surface area contributed by atoms with Crippen LogP contribution in [0.5, 0.6) is 5.75 Å². The number of rotatable bonds is 6. The van der Waals surface area contributed by atoms with Crippen LogP contribution in [0.4, 0.5) is 8.78 Å². The molecule has 0 spiro atoms. The van der Waals surface area contributed by atoms with Crippen molar-refractivity contribution in [1.29, 1.82) is 0 Å². The van der Waals surface area contributed by atoms with Crippen LogP contribution in [0.3, 0.4) is 0 Å². The van der Waals surface area contributed by atoms with Crippen molar-refractivity contribution in [1.82, 2.24) is 4.90 Å². The van der Waals surface area contributed by atoms with Crippen molar-refractivity contribution < 1.29 is 23.4 Å². The van der Waals surface area contributed by atoms with Gasteiger partial charge in [0.15, 0.2) is 0 Å². The molecule has 1 aromatic rings. The second-order valence-electron chi connectivity index (χ2n) is 4.07. The van der Waals surface area contributed by atoms with E-state index in [1.54, 1.807) is 25.1 Å². The Labute approximate surface area is 110 Å². The van der Waals surface area contributed by atoms with Crippen LogP contribution in [0.2, 0.25) is 0 Å². The van der Waals surface area contributed by atoms with Crippen molar-refractivity contribution in [3.05, 3.63) is 29.3 Å². The van der Waals surface area contributed by atoms with Crippen LogP contribution < -0.4 is 4.74 Å². The standard InChI is InChI=1S/C13H17F2NO3/c1-9-3-4-11(19-2)10(7-9)13(18)16(5-6-17)8-12(14)15/h3-4,7,12,17H,5-6,8H2,1-2H3. The van der Waals surface area contributed by atoms with Crippen molar-refractivity contribution in [3.8, 4) is 5.75 Å². The number of aliphatic hydroxyl groups excluding tert-OH is 1. The van der Waals surface area contributed by atoms with E-state index in [-0.39, 0.29) is 18.7 Å². The van der Waals surface area contributed by atoms with E-state index in [0.717, 1.165) is 10.5 Å². The zero-order valence-electron chi connectivity index (χ0n) is 10.9. The largest absolute Gasteiger partial charge is 0.496 e. The number of ether oxygens (including phenoxy) is 1. The van der Waals surface area contributed by atoms with Crippen molar-refractivity contribution in [2.45, 2.75) is 13.3 Å². The summed E-state index contributed by atoms with van der Waals surface area (Å²) < 4.78 is 29.9. The number of aliphatic hydroxyl groups is 1. The van der Waals surface area contributed by atoms with Gasteiger partial charge in [0, 0.05) is 6.54 Å². The molecule has 0 aromatic heterocycles. The lowest BCUT2D eigenvalue weighted by Gasteiger charge is -2.22. The van der Waals surface area contributed by atoms with Gasteiger partial charge in [-0.1, -0.05) is 11.6 Å². The molecule has 0 radical (unpaired) electrons. The van der Waals surface area contributed by atoms with E-state index in [1.807, 2.05) is 0 Å². The van der Waals surface area contributed by atoms with Gasteiger partial charge >= 0.3 is 0 Å². The first-order valence-electron chi connectivity index (χ1n) is 5.82. The number of alkyl halides is 2. The number of carbonyl (C=O) groups excluding carboxylic acids is 1. The predicted molar refractivity (Wildman–Crippen MR) is 66.7 cm³/mol. The molecule has 0 saturated heterocycles. The van der Waals surface area contributed by atoms with Crippen LogP contribution in [0.15, 0.2) is 18.2 Å². The third-order valence-corrected chi connectivity index (χ3v) is 2.60. The molecular weight excluding hydrogens is 256 g/mol. The highest BCUT2D eigenvalue weighted by Gasteiger charge is 2.22. The van der Waals surface area contributed by atoms with Crippen LogP contribution in [0, 0.1) is 6.92 Å². The summed E-state index contributed by atoms with van der Waals surface area (Å²) in [6, 6.07) is 4.96. The first kappa shape index (κ1) is 15.4. The van der Waals surface area contributed by atoms with E-state index in [2.05, 4.69) is 0 Å². The lowest BCUT2D eigenvalue weighted by molar-refractivity contribution is 0.0506. The maximum atomic E-state index is 12.4. The molecule has 0 aliphatic rings. The lowest BCUT2D eigenvalue weighted by Crippen LogP contribution is -2.37. The fourth-order valence-electron chi connectivity index (χ4n) is 1.72. The molecule has 1 amide bonds. The Bertz CT molecular complexity index is 438. The Balaban J connectivity index is 3.04. The summed E-state index contributed by atoms with van der Waals surface area (Å²) in [5.41, 5.74) is 1.04. The second kappa shape index (κ2) is 7.04. The van der Waals surface area contributed by atoms with Gasteiger partial charge in [-0.3, -0.25) is 4.79 Å². The van der Waals surface area contributed by atoms with Gasteiger partial charge in [0.05, 0.1) is 25.8 Å². The molecule has 0 fully saturated rings. The number of hydrogen-bond acceptors (Lipinski definition) is 3. The highest BCUT2D eigenvalue weighted by Crippen LogP contribution is 2.21. The molecule has 0 aliphatic carbocycles. The molecule has 0 heterocycles. The van der Waals surface area contributed by atoms with Gasteiger partial charge in [0.2, 0.25) is 0 Å². The summed E-state index contributed by atoms with van der Waals surface area (Å²) in [5, 5.41) is 8.86. The number of carbonyl (C=O) groups is 1. The van der Waals surface area contributed by atoms with Gasteiger partial charge < -0.3 is 14.7 Å². The van der Waals surface area contributed by atoms with Gasteiger partial charge in [-0.15, -0.1) is 0 Å². The number of hydrogen-bond donors (Lipinski definition) is 1. The minimum atomic E-state index is -2.65. The summed E-state index contributed by atoms with van der Waals surface area (Å²) in [5.74, 6) is -0.247. The SMILES string of the molecule is COc1ccc(C)cc1C(=O)N(CCO)CC(F)F. The van der Waals surface area contributed by atoms with Crippen LogP contribution in [0.25, 0.3) is 0 Å². The van der Waals surface area contributed by atoms with E-state index in [1.165, 1.54) is 7.11 Å². The van der Waals surface area contributed by atoms with Crippen LogP contribution >= 0.6 is 0 Å². The molecule has 106 valence electrons. The fraction of sp³-hybridized carbons (Fsp3) is 0.462. The summed E-state index contributed by atoms with van der Waals surface area (Å²) >= 11 is 0. The number of nitrogens with zero attached hydrogens (tertiary/aromatic N) is 1. The topological polar surface area (TPSA) is 49.8 Å². The monoisotopic (exact) mass is 273 g/mol. The molecule has 1 aromatic carbocycles. The van der Waals surface area contributed by atoms with E-state index < -0.39 is 18.9 Å². The molecule has 19 heavy (non-hydrogen) atoms. The van der Waals surface area contributed by atoms with Crippen LogP contribution in [-0.2, 0) is 0 Å². The Hall–Kier alpha value is -1.69. The molecular formula is C13H17F2NO3. The second-order valence-corrected chi connectivity index (χ2v) is 4.07. The maximum Gasteiger partial charge on any atom is 0.257 e. The maximum absolute atomic E-state index is 12.4. The predicted octanol–water partition coefficient (Wildman–Crippen LogP) is 1.70. The number of halogens is 2. The Morgan fingerprint density at radius 2 is 2.16 bits per heavy atom. The first-order chi connectivity index (χ1) is 8.99. The van der Waals surface area contributed by atoms with Gasteiger partial charge in [0.25, 0.3) is 12.3 Å². The Morgan fingerprint density at radius 1 is 1.47 bits per heavy atom. The van der Waals surface area contributed by atoms with Gasteiger partial charge in [-0.2, -0.15) is 0 Å². The summed E-state index contributed by atoms with van der Waals surface area (Å²) in [6.07, 6.45) is -2.65. The highest BCUT2D eigenvalue weighted by atomic mass is 19.3. The minimum Gasteiger partial charge on any atom is -0.496 e. The molecule has 6 heteroatoms. The highest BCUT2D eigenvalue weighted by molar-refractivity contribution is 5.97. The molecule has 0 aliphatic heterocycles. The van der Waals surface area contributed by atoms with Crippen molar-refractivity contribution in [3.63, 3.8) is 0 Å². The number of methoxy groups -OCH3 is 1. The average Bonchev–Trinajstić information content (AvgIpc) is 2.37. The molecule has 1 N–H and O–H groups in total. The molecule has 4 nitrogen and oxygen atoms in total. The molecule has 0 unspecified atom stereocenters. The van der Waals surface area contributed by atoms with Crippen LogP contribution in [-0.4, -0.2) is 49.1 Å². The van der Waals surface area contributed by atoms with Gasteiger partial charge in [0.1, 0.15) is 5.75 Å². The summed E-state index contributed by atoms with van der Waals surface area (Å²) in [7, 11) is 1.41. The smallest absolute Gasteiger partial charge is 0.257 e. The molecule has 0 saturated carbocycles. The van der Waals surface area contributed by atoms with Gasteiger partial charge in [-0.05, 0) is 19.1 Å². The average molecular weight is 273 g/mol. The summed E-state index contributed by atoms with van der Waals surface area (Å²) in [4.78, 5) is 13.1. The van der Waals surface area contributed by atoms with Crippen LogP contribution in [0.1, 0.15) is 15.9 Å². The minimum absolute atomic E-state index is 0.139. The fourth-order valence-corrected chi connectivity index (χ4v) is 1.72. The van der Waals surface area contributed by atoms with Crippen molar-refractivity contribution >= 4 is 5.91 Å². The van der Waals surface area contributed by atoms with E-state index >= 15 is 0 Å². The lowest BCUT2D eigenvalue weighted by atomic mass is 10.1. The normalized spacial score (nSPS) is 10.6. The molecule has 1 rings (SSSR count). The molecule has 0 atom stereocenters.